The van der Waals surface area contributed by atoms with Crippen LogP contribution in [-0.2, 0) is 9.53 Å². The first kappa shape index (κ1) is 15.0. The Kier molecular flexibility index (Phi) is 4.48. The second-order valence-electron chi connectivity index (χ2n) is 6.86. The van der Waals surface area contributed by atoms with Crippen LogP contribution in [0.2, 0.25) is 0 Å². The highest BCUT2D eigenvalue weighted by molar-refractivity contribution is 5.77. The van der Waals surface area contributed by atoms with Crippen molar-refractivity contribution in [2.24, 2.45) is 17.1 Å². The van der Waals surface area contributed by atoms with Gasteiger partial charge in [-0.05, 0) is 36.2 Å². The predicted octanol–water partition coefficient (Wildman–Crippen LogP) is 3.44. The molecule has 3 atom stereocenters. The average molecular weight is 275 g/mol. The molecule has 1 aliphatic rings. The number of rotatable bonds is 3. The van der Waals surface area contributed by atoms with E-state index in [1.165, 1.54) is 6.42 Å². The predicted molar refractivity (Wildman–Crippen MR) is 80.0 cm³/mol. The number of carbonyl (C=O) groups is 1. The van der Waals surface area contributed by atoms with Crippen LogP contribution in [0.15, 0.2) is 30.3 Å². The summed E-state index contributed by atoms with van der Waals surface area (Å²) in [4.78, 5) is 12.2. The van der Waals surface area contributed by atoms with Crippen molar-refractivity contribution in [3.8, 4) is 0 Å². The molecule has 1 aromatic rings. The molecule has 1 aliphatic carbocycles. The maximum Gasteiger partial charge on any atom is 0.327 e. The highest BCUT2D eigenvalue weighted by Crippen LogP contribution is 2.39. The molecule has 0 aliphatic heterocycles. The molecule has 1 fully saturated rings. The topological polar surface area (TPSA) is 52.3 Å². The minimum Gasteiger partial charge on any atom is -0.461 e. The summed E-state index contributed by atoms with van der Waals surface area (Å²) in [7, 11) is 0. The van der Waals surface area contributed by atoms with Crippen molar-refractivity contribution in [2.75, 3.05) is 0 Å². The molecule has 0 spiro atoms. The van der Waals surface area contributed by atoms with Gasteiger partial charge in [0, 0.05) is 0 Å². The zero-order valence-corrected chi connectivity index (χ0v) is 12.6. The summed E-state index contributed by atoms with van der Waals surface area (Å²) in [5.41, 5.74) is 7.03. The van der Waals surface area contributed by atoms with E-state index in [9.17, 15) is 4.79 Å². The van der Waals surface area contributed by atoms with E-state index >= 15 is 0 Å². The molecule has 1 saturated carbocycles. The molecule has 0 aromatic heterocycles. The molecule has 0 saturated heterocycles. The highest BCUT2D eigenvalue weighted by Gasteiger charge is 2.34. The van der Waals surface area contributed by atoms with Crippen LogP contribution in [0.25, 0.3) is 0 Å². The van der Waals surface area contributed by atoms with Crippen LogP contribution >= 0.6 is 0 Å². The largest absolute Gasteiger partial charge is 0.461 e. The molecule has 2 N–H and O–H groups in total. The number of ether oxygens (including phenoxy) is 1. The fraction of sp³-hybridized carbons (Fsp3) is 0.588. The Morgan fingerprint density at radius 1 is 1.30 bits per heavy atom. The normalized spacial score (nSPS) is 26.8. The van der Waals surface area contributed by atoms with Gasteiger partial charge in [0.15, 0.2) is 0 Å². The molecule has 0 amide bonds. The average Bonchev–Trinajstić information content (AvgIpc) is 2.36. The lowest BCUT2D eigenvalue weighted by Crippen LogP contribution is -2.36. The number of benzene rings is 1. The van der Waals surface area contributed by atoms with Crippen LogP contribution in [0.4, 0.5) is 0 Å². The van der Waals surface area contributed by atoms with Crippen LogP contribution in [0.3, 0.4) is 0 Å². The molecule has 0 radical (unpaired) electrons. The van der Waals surface area contributed by atoms with E-state index in [-0.39, 0.29) is 17.5 Å². The first-order valence-corrected chi connectivity index (χ1v) is 7.38. The number of carbonyl (C=O) groups excluding carboxylic acids is 1. The summed E-state index contributed by atoms with van der Waals surface area (Å²) in [5, 5.41) is 0. The van der Waals surface area contributed by atoms with Crippen molar-refractivity contribution >= 4 is 5.97 Å². The van der Waals surface area contributed by atoms with Gasteiger partial charge in [0.05, 0.1) is 0 Å². The summed E-state index contributed by atoms with van der Waals surface area (Å²) in [6.45, 7) is 6.69. The standard InChI is InChI=1S/C17H25NO2/c1-12-9-14(11-17(2,3)10-12)20-16(19)15(18)13-7-5-4-6-8-13/h4-8,12,14-15H,9-11,18H2,1-3H3/t12?,14?,15-/m0/s1. The van der Waals surface area contributed by atoms with Crippen molar-refractivity contribution in [2.45, 2.75) is 52.2 Å². The summed E-state index contributed by atoms with van der Waals surface area (Å²) in [6, 6.07) is 8.71. The van der Waals surface area contributed by atoms with Gasteiger partial charge in [-0.3, -0.25) is 0 Å². The fourth-order valence-corrected chi connectivity index (χ4v) is 3.38. The zero-order valence-electron chi connectivity index (χ0n) is 12.6. The lowest BCUT2D eigenvalue weighted by atomic mass is 9.71. The van der Waals surface area contributed by atoms with Gasteiger partial charge in [0.1, 0.15) is 12.1 Å². The Hall–Kier alpha value is -1.35. The Balaban J connectivity index is 1.97. The third-order valence-corrected chi connectivity index (χ3v) is 4.04. The van der Waals surface area contributed by atoms with Crippen molar-refractivity contribution in [1.29, 1.82) is 0 Å². The quantitative estimate of drug-likeness (QED) is 0.860. The van der Waals surface area contributed by atoms with Crippen molar-refractivity contribution in [1.82, 2.24) is 0 Å². The van der Waals surface area contributed by atoms with E-state index < -0.39 is 6.04 Å². The molecule has 110 valence electrons. The summed E-state index contributed by atoms with van der Waals surface area (Å²) in [5.74, 6) is 0.274. The van der Waals surface area contributed by atoms with Gasteiger partial charge in [0.25, 0.3) is 0 Å². The molecule has 0 heterocycles. The van der Waals surface area contributed by atoms with E-state index in [2.05, 4.69) is 20.8 Å². The molecule has 3 heteroatoms. The maximum absolute atomic E-state index is 12.2. The lowest BCUT2D eigenvalue weighted by molar-refractivity contribution is -0.155. The highest BCUT2D eigenvalue weighted by atomic mass is 16.5. The molecule has 1 aromatic carbocycles. The van der Waals surface area contributed by atoms with E-state index in [0.717, 1.165) is 18.4 Å². The molecule has 0 bridgehead atoms. The van der Waals surface area contributed by atoms with E-state index in [1.54, 1.807) is 0 Å². The summed E-state index contributed by atoms with van der Waals surface area (Å²) >= 11 is 0. The monoisotopic (exact) mass is 275 g/mol. The van der Waals surface area contributed by atoms with Crippen LogP contribution in [0.5, 0.6) is 0 Å². The Bertz CT molecular complexity index is 455. The van der Waals surface area contributed by atoms with Gasteiger partial charge in [0.2, 0.25) is 0 Å². The minimum atomic E-state index is -0.684. The summed E-state index contributed by atoms with van der Waals surface area (Å²) < 4.78 is 5.65. The maximum atomic E-state index is 12.2. The van der Waals surface area contributed by atoms with Gasteiger partial charge in [-0.15, -0.1) is 0 Å². The second-order valence-corrected chi connectivity index (χ2v) is 6.86. The van der Waals surface area contributed by atoms with Crippen LogP contribution in [0, 0.1) is 11.3 Å². The third-order valence-electron chi connectivity index (χ3n) is 4.04. The van der Waals surface area contributed by atoms with Gasteiger partial charge in [-0.2, -0.15) is 0 Å². The first-order valence-electron chi connectivity index (χ1n) is 7.38. The zero-order chi connectivity index (χ0) is 14.8. The van der Waals surface area contributed by atoms with E-state index in [1.807, 2.05) is 30.3 Å². The van der Waals surface area contributed by atoms with Crippen molar-refractivity contribution in [3.63, 3.8) is 0 Å². The van der Waals surface area contributed by atoms with Crippen molar-refractivity contribution < 1.29 is 9.53 Å². The van der Waals surface area contributed by atoms with Crippen LogP contribution in [-0.4, -0.2) is 12.1 Å². The number of hydrogen-bond acceptors (Lipinski definition) is 3. The lowest BCUT2D eigenvalue weighted by Gasteiger charge is -2.38. The van der Waals surface area contributed by atoms with Crippen molar-refractivity contribution in [3.05, 3.63) is 35.9 Å². The van der Waals surface area contributed by atoms with Gasteiger partial charge >= 0.3 is 5.97 Å². The number of esters is 1. The number of hydrogen-bond donors (Lipinski definition) is 1. The SMILES string of the molecule is CC1CC(OC(=O)[C@@H](N)c2ccccc2)CC(C)(C)C1. The molecule has 2 rings (SSSR count). The van der Waals surface area contributed by atoms with Gasteiger partial charge in [-0.25, -0.2) is 4.79 Å². The van der Waals surface area contributed by atoms with E-state index in [4.69, 9.17) is 10.5 Å². The molecular weight excluding hydrogens is 250 g/mol. The third kappa shape index (κ3) is 3.83. The van der Waals surface area contributed by atoms with Crippen LogP contribution in [0.1, 0.15) is 51.6 Å². The van der Waals surface area contributed by atoms with Gasteiger partial charge < -0.3 is 10.5 Å². The van der Waals surface area contributed by atoms with Gasteiger partial charge in [-0.1, -0.05) is 51.1 Å². The van der Waals surface area contributed by atoms with Crippen LogP contribution < -0.4 is 5.73 Å². The Labute approximate surface area is 121 Å². The molecular formula is C17H25NO2. The molecule has 3 nitrogen and oxygen atoms in total. The second kappa shape index (κ2) is 5.96. The first-order chi connectivity index (χ1) is 9.37. The molecule has 20 heavy (non-hydrogen) atoms. The fourth-order valence-electron chi connectivity index (χ4n) is 3.38. The summed E-state index contributed by atoms with van der Waals surface area (Å²) in [6.07, 6.45) is 3.04. The minimum absolute atomic E-state index is 0.00369. The Morgan fingerprint density at radius 2 is 1.95 bits per heavy atom. The smallest absolute Gasteiger partial charge is 0.327 e. The van der Waals surface area contributed by atoms with E-state index in [0.29, 0.717) is 5.92 Å². The Morgan fingerprint density at radius 3 is 2.55 bits per heavy atom. The molecule has 2 unspecified atom stereocenters. The number of nitrogens with two attached hydrogens (primary N) is 1.